The molecule has 5 heteroatoms. The Morgan fingerprint density at radius 2 is 1.86 bits per heavy atom. The second-order valence-corrected chi connectivity index (χ2v) is 7.09. The summed E-state index contributed by atoms with van der Waals surface area (Å²) in [6.07, 6.45) is 9.77. The minimum atomic E-state index is -0.229. The van der Waals surface area contributed by atoms with E-state index in [1.807, 2.05) is 79.3 Å². The number of benzene rings is 1. The van der Waals surface area contributed by atoms with Gasteiger partial charge in [-0.1, -0.05) is 42.5 Å². The number of hydrogen-bond acceptors (Lipinski definition) is 3. The predicted molar refractivity (Wildman–Crippen MR) is 114 cm³/mol. The highest BCUT2D eigenvalue weighted by Crippen LogP contribution is 2.21. The van der Waals surface area contributed by atoms with Crippen molar-refractivity contribution in [3.05, 3.63) is 102 Å². The van der Waals surface area contributed by atoms with Gasteiger partial charge in [-0.15, -0.1) is 0 Å². The average molecular weight is 384 g/mol. The number of amides is 1. The molecule has 0 radical (unpaired) electrons. The summed E-state index contributed by atoms with van der Waals surface area (Å²) >= 11 is 0. The highest BCUT2D eigenvalue weighted by atomic mass is 16.1. The number of aromatic nitrogens is 3. The molecule has 0 bridgehead atoms. The molecule has 0 aliphatic heterocycles. The van der Waals surface area contributed by atoms with Crippen LogP contribution in [-0.4, -0.2) is 26.8 Å². The summed E-state index contributed by atoms with van der Waals surface area (Å²) in [6.45, 7) is 0.622. The minimum absolute atomic E-state index is 0.0491. The number of carbonyl (C=O) groups excluding carboxylic acids is 1. The standard InChI is InChI=1S/C24H24N4O/c29-24(26-14-7-12-23-27-18-21-11-4-5-15-28(21)23)22(20-9-2-1-3-10-20)16-19-8-6-13-25-17-19/h1-6,8-11,13,15,17-18,22H,7,12,14,16H2,(H,26,29). The Hall–Kier alpha value is -3.47. The van der Waals surface area contributed by atoms with Crippen LogP contribution in [0.3, 0.4) is 0 Å². The average Bonchev–Trinajstić information content (AvgIpc) is 3.19. The van der Waals surface area contributed by atoms with Crippen LogP contribution in [0.25, 0.3) is 5.52 Å². The van der Waals surface area contributed by atoms with Gasteiger partial charge in [-0.05, 0) is 42.2 Å². The first-order valence-corrected chi connectivity index (χ1v) is 9.94. The Balaban J connectivity index is 1.37. The van der Waals surface area contributed by atoms with E-state index in [9.17, 15) is 4.79 Å². The van der Waals surface area contributed by atoms with Crippen molar-refractivity contribution in [2.45, 2.75) is 25.2 Å². The van der Waals surface area contributed by atoms with Gasteiger partial charge in [0, 0.05) is 31.6 Å². The van der Waals surface area contributed by atoms with Gasteiger partial charge in [0.2, 0.25) is 5.91 Å². The Kier molecular flexibility index (Phi) is 5.95. The van der Waals surface area contributed by atoms with E-state index in [2.05, 4.69) is 19.7 Å². The van der Waals surface area contributed by atoms with Gasteiger partial charge in [-0.2, -0.15) is 0 Å². The molecule has 0 spiro atoms. The maximum atomic E-state index is 13.0. The van der Waals surface area contributed by atoms with E-state index in [1.165, 1.54) is 0 Å². The highest BCUT2D eigenvalue weighted by molar-refractivity contribution is 5.84. The first-order chi connectivity index (χ1) is 14.3. The molecule has 29 heavy (non-hydrogen) atoms. The van der Waals surface area contributed by atoms with Crippen LogP contribution in [0.2, 0.25) is 0 Å². The molecule has 4 rings (SSSR count). The number of fused-ring (bicyclic) bond motifs is 1. The number of rotatable bonds is 8. The van der Waals surface area contributed by atoms with Crippen molar-refractivity contribution in [2.24, 2.45) is 0 Å². The molecule has 1 atom stereocenters. The molecule has 5 nitrogen and oxygen atoms in total. The zero-order chi connectivity index (χ0) is 19.9. The summed E-state index contributed by atoms with van der Waals surface area (Å²) in [4.78, 5) is 21.6. The monoisotopic (exact) mass is 384 g/mol. The first kappa shape index (κ1) is 18.9. The van der Waals surface area contributed by atoms with E-state index in [4.69, 9.17) is 0 Å². The van der Waals surface area contributed by atoms with Crippen LogP contribution in [0, 0.1) is 0 Å². The molecule has 146 valence electrons. The van der Waals surface area contributed by atoms with Crippen molar-refractivity contribution in [2.75, 3.05) is 6.54 Å². The van der Waals surface area contributed by atoms with Crippen LogP contribution in [0.5, 0.6) is 0 Å². The van der Waals surface area contributed by atoms with Crippen LogP contribution in [0.4, 0.5) is 0 Å². The van der Waals surface area contributed by atoms with Crippen LogP contribution < -0.4 is 5.32 Å². The summed E-state index contributed by atoms with van der Waals surface area (Å²) in [7, 11) is 0. The third-order valence-electron chi connectivity index (χ3n) is 5.07. The fourth-order valence-electron chi connectivity index (χ4n) is 3.57. The number of nitrogens with one attached hydrogen (secondary N) is 1. The van der Waals surface area contributed by atoms with Gasteiger partial charge in [0.05, 0.1) is 17.6 Å². The van der Waals surface area contributed by atoms with Crippen molar-refractivity contribution >= 4 is 11.4 Å². The number of carbonyl (C=O) groups is 1. The molecule has 1 aromatic carbocycles. The topological polar surface area (TPSA) is 59.3 Å². The van der Waals surface area contributed by atoms with Crippen molar-refractivity contribution in [3.8, 4) is 0 Å². The number of aryl methyl sites for hydroxylation is 1. The normalized spacial score (nSPS) is 12.0. The van der Waals surface area contributed by atoms with Crippen LogP contribution in [-0.2, 0) is 17.6 Å². The lowest BCUT2D eigenvalue weighted by atomic mass is 9.91. The lowest BCUT2D eigenvalue weighted by molar-refractivity contribution is -0.122. The zero-order valence-corrected chi connectivity index (χ0v) is 16.2. The molecule has 4 aromatic rings. The zero-order valence-electron chi connectivity index (χ0n) is 16.2. The number of imidazole rings is 1. The predicted octanol–water partition coefficient (Wildman–Crippen LogP) is 3.80. The van der Waals surface area contributed by atoms with Gasteiger partial charge in [0.25, 0.3) is 0 Å². The van der Waals surface area contributed by atoms with Crippen LogP contribution in [0.1, 0.15) is 29.3 Å². The number of hydrogen-bond donors (Lipinski definition) is 1. The fraction of sp³-hybridized carbons (Fsp3) is 0.208. The molecular weight excluding hydrogens is 360 g/mol. The first-order valence-electron chi connectivity index (χ1n) is 9.94. The number of nitrogens with zero attached hydrogens (tertiary/aromatic N) is 3. The van der Waals surface area contributed by atoms with Gasteiger partial charge < -0.3 is 9.72 Å². The third kappa shape index (κ3) is 4.69. The number of pyridine rings is 2. The fourth-order valence-corrected chi connectivity index (χ4v) is 3.57. The summed E-state index contributed by atoms with van der Waals surface area (Å²) in [5, 5.41) is 3.12. The summed E-state index contributed by atoms with van der Waals surface area (Å²) in [5.74, 6) is 0.838. The van der Waals surface area contributed by atoms with Gasteiger partial charge in [0.15, 0.2) is 0 Å². The van der Waals surface area contributed by atoms with Crippen molar-refractivity contribution < 1.29 is 4.79 Å². The van der Waals surface area contributed by atoms with Crippen LogP contribution in [0.15, 0.2) is 85.5 Å². The maximum absolute atomic E-state index is 13.0. The van der Waals surface area contributed by atoms with E-state index >= 15 is 0 Å². The van der Waals surface area contributed by atoms with E-state index in [0.717, 1.165) is 35.3 Å². The minimum Gasteiger partial charge on any atom is -0.356 e. The van der Waals surface area contributed by atoms with Gasteiger partial charge in [0.1, 0.15) is 5.82 Å². The van der Waals surface area contributed by atoms with Crippen molar-refractivity contribution in [1.29, 1.82) is 0 Å². The largest absolute Gasteiger partial charge is 0.356 e. The maximum Gasteiger partial charge on any atom is 0.227 e. The SMILES string of the molecule is O=C(NCCCc1ncc2ccccn12)C(Cc1cccnc1)c1ccccc1. The molecule has 1 amide bonds. The van der Waals surface area contributed by atoms with E-state index in [1.54, 1.807) is 6.20 Å². The van der Waals surface area contributed by atoms with E-state index < -0.39 is 0 Å². The molecule has 0 fully saturated rings. The van der Waals surface area contributed by atoms with Gasteiger partial charge in [-0.25, -0.2) is 4.98 Å². The quantitative estimate of drug-likeness (QED) is 0.470. The molecule has 1 N–H and O–H groups in total. The van der Waals surface area contributed by atoms with E-state index in [-0.39, 0.29) is 11.8 Å². The Bertz CT molecular complexity index is 1060. The summed E-state index contributed by atoms with van der Waals surface area (Å²) in [5.41, 5.74) is 3.17. The summed E-state index contributed by atoms with van der Waals surface area (Å²) in [6, 6.07) is 19.9. The molecule has 0 saturated heterocycles. The van der Waals surface area contributed by atoms with Gasteiger partial charge in [-0.3, -0.25) is 9.78 Å². The molecule has 0 saturated carbocycles. The van der Waals surface area contributed by atoms with Crippen molar-refractivity contribution in [3.63, 3.8) is 0 Å². The molecule has 3 aromatic heterocycles. The second-order valence-electron chi connectivity index (χ2n) is 7.09. The molecular formula is C24H24N4O. The van der Waals surface area contributed by atoms with Gasteiger partial charge >= 0.3 is 0 Å². The smallest absolute Gasteiger partial charge is 0.227 e. The van der Waals surface area contributed by atoms with Crippen LogP contribution >= 0.6 is 0 Å². The molecule has 1 unspecified atom stereocenters. The second kappa shape index (κ2) is 9.15. The Labute approximate surface area is 170 Å². The lowest BCUT2D eigenvalue weighted by Crippen LogP contribution is -2.31. The third-order valence-corrected chi connectivity index (χ3v) is 5.07. The molecule has 0 aliphatic rings. The molecule has 0 aliphatic carbocycles. The lowest BCUT2D eigenvalue weighted by Gasteiger charge is -2.17. The van der Waals surface area contributed by atoms with Crippen molar-refractivity contribution in [1.82, 2.24) is 19.7 Å². The molecule has 3 heterocycles. The Morgan fingerprint density at radius 1 is 1.00 bits per heavy atom. The van der Waals surface area contributed by atoms with E-state index in [0.29, 0.717) is 13.0 Å². The Morgan fingerprint density at radius 3 is 2.69 bits per heavy atom. The summed E-state index contributed by atoms with van der Waals surface area (Å²) < 4.78 is 2.09. The highest BCUT2D eigenvalue weighted by Gasteiger charge is 2.20.